The van der Waals surface area contributed by atoms with E-state index in [0.29, 0.717) is 12.6 Å². The molecule has 0 bridgehead atoms. The zero-order valence-corrected chi connectivity index (χ0v) is 7.06. The minimum absolute atomic E-state index is 0.146. The van der Waals surface area contributed by atoms with Crippen molar-refractivity contribution < 1.29 is 13.5 Å². The molecule has 12 heavy (non-hydrogen) atoms. The summed E-state index contributed by atoms with van der Waals surface area (Å²) in [7, 11) is 0. The van der Waals surface area contributed by atoms with Crippen LogP contribution >= 0.6 is 0 Å². The molecular formula is C8H15F2NO. The zero-order valence-electron chi connectivity index (χ0n) is 7.06. The van der Waals surface area contributed by atoms with E-state index in [1.807, 2.05) is 0 Å². The fourth-order valence-corrected chi connectivity index (χ4v) is 1.30. The van der Waals surface area contributed by atoms with Crippen LogP contribution in [0.25, 0.3) is 0 Å². The van der Waals surface area contributed by atoms with Crippen molar-refractivity contribution in [2.24, 2.45) is 0 Å². The molecule has 1 atom stereocenters. The van der Waals surface area contributed by atoms with Crippen molar-refractivity contribution in [3.05, 3.63) is 0 Å². The lowest BCUT2D eigenvalue weighted by atomic mass is 10.2. The van der Waals surface area contributed by atoms with Crippen molar-refractivity contribution in [2.75, 3.05) is 19.8 Å². The summed E-state index contributed by atoms with van der Waals surface area (Å²) in [4.78, 5) is 0. The molecule has 0 aliphatic carbocycles. The average molecular weight is 179 g/mol. The first-order valence-corrected chi connectivity index (χ1v) is 4.38. The SMILES string of the molecule is FC(F)CCOCC1CCCN1. The van der Waals surface area contributed by atoms with Gasteiger partial charge >= 0.3 is 0 Å². The van der Waals surface area contributed by atoms with Crippen molar-refractivity contribution in [1.29, 1.82) is 0 Å². The van der Waals surface area contributed by atoms with Gasteiger partial charge in [0, 0.05) is 12.5 Å². The fraction of sp³-hybridized carbons (Fsp3) is 1.00. The second-order valence-electron chi connectivity index (χ2n) is 3.05. The summed E-state index contributed by atoms with van der Waals surface area (Å²) in [5.41, 5.74) is 0. The smallest absolute Gasteiger partial charge is 0.240 e. The lowest BCUT2D eigenvalue weighted by Crippen LogP contribution is -2.27. The highest BCUT2D eigenvalue weighted by Crippen LogP contribution is 2.05. The van der Waals surface area contributed by atoms with E-state index in [-0.39, 0.29) is 13.0 Å². The van der Waals surface area contributed by atoms with E-state index in [2.05, 4.69) is 5.32 Å². The quantitative estimate of drug-likeness (QED) is 0.644. The predicted molar refractivity (Wildman–Crippen MR) is 42.5 cm³/mol. The summed E-state index contributed by atoms with van der Waals surface area (Å²) >= 11 is 0. The molecule has 0 aromatic rings. The van der Waals surface area contributed by atoms with Crippen LogP contribution in [0.2, 0.25) is 0 Å². The van der Waals surface area contributed by atoms with Crippen LogP contribution in [0, 0.1) is 0 Å². The number of hydrogen-bond acceptors (Lipinski definition) is 2. The summed E-state index contributed by atoms with van der Waals surface area (Å²) in [5, 5.41) is 3.23. The summed E-state index contributed by atoms with van der Waals surface area (Å²) in [6, 6.07) is 0.391. The number of ether oxygens (including phenoxy) is 1. The Morgan fingerprint density at radius 2 is 2.33 bits per heavy atom. The molecule has 0 radical (unpaired) electrons. The minimum atomic E-state index is -2.23. The molecule has 0 amide bonds. The Hall–Kier alpha value is -0.220. The van der Waals surface area contributed by atoms with Crippen molar-refractivity contribution in [1.82, 2.24) is 5.32 Å². The second-order valence-corrected chi connectivity index (χ2v) is 3.05. The summed E-state index contributed by atoms with van der Waals surface area (Å²) in [6.45, 7) is 1.78. The van der Waals surface area contributed by atoms with Crippen LogP contribution in [0.15, 0.2) is 0 Å². The molecule has 72 valence electrons. The molecule has 0 saturated carbocycles. The second kappa shape index (κ2) is 5.43. The van der Waals surface area contributed by atoms with E-state index in [1.165, 1.54) is 6.42 Å². The van der Waals surface area contributed by atoms with Crippen LogP contribution in [0.3, 0.4) is 0 Å². The van der Waals surface area contributed by atoms with Gasteiger partial charge in [-0.05, 0) is 19.4 Å². The van der Waals surface area contributed by atoms with E-state index >= 15 is 0 Å². The molecule has 4 heteroatoms. The monoisotopic (exact) mass is 179 g/mol. The van der Waals surface area contributed by atoms with Crippen LogP contribution in [0.5, 0.6) is 0 Å². The normalized spacial score (nSPS) is 23.8. The van der Waals surface area contributed by atoms with Gasteiger partial charge in [0.15, 0.2) is 0 Å². The van der Waals surface area contributed by atoms with Crippen molar-refractivity contribution in [3.63, 3.8) is 0 Å². The van der Waals surface area contributed by atoms with Gasteiger partial charge in [-0.1, -0.05) is 0 Å². The van der Waals surface area contributed by atoms with Gasteiger partial charge in [-0.2, -0.15) is 0 Å². The van der Waals surface area contributed by atoms with Gasteiger partial charge in [-0.15, -0.1) is 0 Å². The molecule has 1 aliphatic rings. The van der Waals surface area contributed by atoms with Gasteiger partial charge in [0.25, 0.3) is 0 Å². The van der Waals surface area contributed by atoms with Crippen molar-refractivity contribution >= 4 is 0 Å². The maximum Gasteiger partial charge on any atom is 0.240 e. The van der Waals surface area contributed by atoms with Crippen LogP contribution in [-0.2, 0) is 4.74 Å². The van der Waals surface area contributed by atoms with E-state index < -0.39 is 6.43 Å². The van der Waals surface area contributed by atoms with E-state index in [4.69, 9.17) is 4.74 Å². The van der Waals surface area contributed by atoms with Gasteiger partial charge in [0.1, 0.15) is 0 Å². The Morgan fingerprint density at radius 3 is 2.92 bits per heavy atom. The third-order valence-electron chi connectivity index (χ3n) is 1.96. The van der Waals surface area contributed by atoms with Gasteiger partial charge in [0.2, 0.25) is 6.43 Å². The van der Waals surface area contributed by atoms with Crippen molar-refractivity contribution in [2.45, 2.75) is 31.7 Å². The van der Waals surface area contributed by atoms with Crippen molar-refractivity contribution in [3.8, 4) is 0 Å². The number of alkyl halides is 2. The average Bonchev–Trinajstić information content (AvgIpc) is 2.49. The molecule has 1 N–H and O–H groups in total. The van der Waals surface area contributed by atoms with Crippen LogP contribution in [-0.4, -0.2) is 32.2 Å². The van der Waals surface area contributed by atoms with Gasteiger partial charge in [0.05, 0.1) is 13.2 Å². The number of rotatable bonds is 5. The number of halogens is 2. The Morgan fingerprint density at radius 1 is 1.50 bits per heavy atom. The Labute approximate surface area is 71.3 Å². The Bertz CT molecular complexity index is 116. The van der Waals surface area contributed by atoms with Gasteiger partial charge in [-0.3, -0.25) is 0 Å². The molecule has 1 rings (SSSR count). The van der Waals surface area contributed by atoms with Gasteiger partial charge in [-0.25, -0.2) is 8.78 Å². The molecule has 0 aromatic carbocycles. The molecule has 1 heterocycles. The first-order chi connectivity index (χ1) is 5.79. The van der Waals surface area contributed by atoms with E-state index in [0.717, 1.165) is 13.0 Å². The van der Waals surface area contributed by atoms with Gasteiger partial charge < -0.3 is 10.1 Å². The first-order valence-electron chi connectivity index (χ1n) is 4.38. The highest BCUT2D eigenvalue weighted by atomic mass is 19.3. The maximum atomic E-state index is 11.6. The topological polar surface area (TPSA) is 21.3 Å². The largest absolute Gasteiger partial charge is 0.380 e. The highest BCUT2D eigenvalue weighted by Gasteiger charge is 2.13. The minimum Gasteiger partial charge on any atom is -0.380 e. The predicted octanol–water partition coefficient (Wildman–Crippen LogP) is 1.41. The van der Waals surface area contributed by atoms with Crippen LogP contribution in [0.1, 0.15) is 19.3 Å². The molecule has 0 aromatic heterocycles. The standard InChI is InChI=1S/C8H15F2NO/c9-8(10)3-5-12-6-7-2-1-4-11-7/h7-8,11H,1-6H2. The zero-order chi connectivity index (χ0) is 8.81. The molecule has 1 fully saturated rings. The third-order valence-corrected chi connectivity index (χ3v) is 1.96. The number of hydrogen-bond donors (Lipinski definition) is 1. The van der Waals surface area contributed by atoms with E-state index in [9.17, 15) is 8.78 Å². The number of nitrogens with one attached hydrogen (secondary N) is 1. The lowest BCUT2D eigenvalue weighted by Gasteiger charge is -2.10. The molecule has 2 nitrogen and oxygen atoms in total. The summed E-state index contributed by atoms with van der Waals surface area (Å²) in [5.74, 6) is 0. The molecule has 0 spiro atoms. The molecule has 1 unspecified atom stereocenters. The molecule has 1 aliphatic heterocycles. The first kappa shape index (κ1) is 9.86. The maximum absolute atomic E-state index is 11.6. The van der Waals surface area contributed by atoms with Crippen LogP contribution in [0.4, 0.5) is 8.78 Å². The summed E-state index contributed by atoms with van der Waals surface area (Å²) in [6.07, 6.45) is -0.105. The third kappa shape index (κ3) is 3.97. The molecule has 1 saturated heterocycles. The molecular weight excluding hydrogens is 164 g/mol. The lowest BCUT2D eigenvalue weighted by molar-refractivity contribution is 0.0592. The fourth-order valence-electron chi connectivity index (χ4n) is 1.30. The highest BCUT2D eigenvalue weighted by molar-refractivity contribution is 4.73. The summed E-state index contributed by atoms with van der Waals surface area (Å²) < 4.78 is 28.4. The Kier molecular flexibility index (Phi) is 4.46. The van der Waals surface area contributed by atoms with Crippen LogP contribution < -0.4 is 5.32 Å². The van der Waals surface area contributed by atoms with E-state index in [1.54, 1.807) is 0 Å². The Balaban J connectivity index is 1.88.